The monoisotopic (exact) mass is 1190 g/mol. The predicted octanol–water partition coefficient (Wildman–Crippen LogP) is 10.2. The number of benzene rings is 5. The summed E-state index contributed by atoms with van der Waals surface area (Å²) in [5.74, 6) is -3.98. The zero-order valence-electron chi connectivity index (χ0n) is 48.6. The minimum atomic E-state index is -1.30. The fraction of sp³-hybridized carbons (Fsp3) is 0.424. The highest BCUT2D eigenvalue weighted by Gasteiger charge is 2.36. The van der Waals surface area contributed by atoms with Gasteiger partial charge < -0.3 is 46.0 Å². The van der Waals surface area contributed by atoms with Crippen LogP contribution in [0, 0.1) is 5.92 Å². The van der Waals surface area contributed by atoms with E-state index < -0.39 is 71.7 Å². The topological polar surface area (TPSA) is 235 Å². The van der Waals surface area contributed by atoms with E-state index in [-0.39, 0.29) is 37.7 Å². The molecule has 2 aliphatic heterocycles. The van der Waals surface area contributed by atoms with Gasteiger partial charge in [-0.05, 0) is 161 Å². The predicted molar refractivity (Wildman–Crippen MR) is 325 cm³/mol. The van der Waals surface area contributed by atoms with Crippen LogP contribution in [0.25, 0.3) is 0 Å². The molecule has 1 saturated carbocycles. The van der Waals surface area contributed by atoms with Crippen LogP contribution in [0.3, 0.4) is 0 Å². The molecule has 2 heterocycles. The standard InChI is InChI=1S/C48H61N5O9.C9H11ClO.C9H9ClO/c1-5-15-37(43(56)46(59)49-30-40(55)53-42(34-20-10-7-11-21-34)47(60)62-48(2,3)4)50-44(57)38-29-32-17-14-22-36(28-32)61-35-26-24-31(25-27-35)16-12-13-23-39(54)52-41(45(58)51-38)33-18-8-6-9-19-33;2*10-9-5-3-8(4-6-9)2-1-7-11/h7,10-11,14,17,20-22,24-28,33,37-38,41-42H,5-6,8-9,12-13,15-16,18-19,23,29-30H2,1-4H3,(H,49,59)(H,50,57)(H,51,58)(H,52,54)(H,53,55);3-6,11H,1-2,7H2;3-7H,1-2H2. The van der Waals surface area contributed by atoms with Crippen LogP contribution < -0.4 is 31.3 Å². The second-order valence-electron chi connectivity index (χ2n) is 21.9. The summed E-state index contributed by atoms with van der Waals surface area (Å²) in [4.78, 5) is 105. The van der Waals surface area contributed by atoms with E-state index in [9.17, 15) is 38.4 Å². The maximum absolute atomic E-state index is 14.3. The Hall–Kier alpha value is -7.40. The first kappa shape index (κ1) is 67.4. The lowest BCUT2D eigenvalue weighted by Gasteiger charge is -2.31. The van der Waals surface area contributed by atoms with E-state index >= 15 is 0 Å². The number of ketones is 1. The Bertz CT molecular complexity index is 2890. The molecular weight excluding hydrogens is 1110 g/mol. The Labute approximate surface area is 503 Å². The summed E-state index contributed by atoms with van der Waals surface area (Å²) in [6.07, 6.45) is 11.4. The summed E-state index contributed by atoms with van der Waals surface area (Å²) in [5, 5.41) is 23.6. The van der Waals surface area contributed by atoms with Crippen LogP contribution in [-0.2, 0) is 68.8 Å². The minimum absolute atomic E-state index is 0.00131. The normalized spacial score (nSPS) is 16.4. The molecule has 5 aromatic carbocycles. The molecule has 4 atom stereocenters. The lowest BCUT2D eigenvalue weighted by molar-refractivity contribution is -0.159. The number of hydrogen-bond acceptors (Lipinski definition) is 11. The van der Waals surface area contributed by atoms with E-state index in [1.54, 1.807) is 82.3 Å². The Morgan fingerprint density at radius 3 is 2.00 bits per heavy atom. The summed E-state index contributed by atoms with van der Waals surface area (Å²) in [5.41, 5.74) is 3.78. The molecule has 18 heteroatoms. The van der Waals surface area contributed by atoms with Gasteiger partial charge in [0.15, 0.2) is 6.04 Å². The molecule has 0 radical (unpaired) electrons. The number of carbonyl (C=O) groups excluding carboxylic acids is 8. The van der Waals surface area contributed by atoms with Crippen molar-refractivity contribution in [2.24, 2.45) is 5.92 Å². The SMILES string of the molecule is CCCC(NC(=O)C1Cc2cccc(c2)Oc2ccc(cc2)CCCCC(=O)NC(C2CCCCC2)C(=O)N1)C(=O)C(=O)NCC(=O)NC(C(=O)OC(C)(C)C)c1ccccc1.O=CCCc1ccc(Cl)cc1.OCCCc1ccc(Cl)cc1. The third-order valence-corrected chi connectivity index (χ3v) is 14.4. The third kappa shape index (κ3) is 24.4. The second-order valence-corrected chi connectivity index (χ2v) is 22.8. The van der Waals surface area contributed by atoms with Gasteiger partial charge in [0.1, 0.15) is 35.5 Å². The lowest BCUT2D eigenvalue weighted by atomic mass is 9.83. The van der Waals surface area contributed by atoms with Gasteiger partial charge in [0.05, 0.1) is 12.6 Å². The van der Waals surface area contributed by atoms with Gasteiger partial charge in [-0.25, -0.2) is 4.79 Å². The van der Waals surface area contributed by atoms with E-state index in [1.807, 2.05) is 72.8 Å². The van der Waals surface area contributed by atoms with Crippen molar-refractivity contribution in [3.05, 3.63) is 165 Å². The van der Waals surface area contributed by atoms with Gasteiger partial charge in [0.2, 0.25) is 29.4 Å². The molecule has 1 aliphatic carbocycles. The summed E-state index contributed by atoms with van der Waals surface area (Å²) < 4.78 is 11.7. The number of ether oxygens (including phenoxy) is 2. The molecule has 84 heavy (non-hydrogen) atoms. The molecule has 6 N–H and O–H groups in total. The number of Topliss-reactive ketones (excluding diaryl/α,β-unsaturated/α-hetero) is 1. The molecule has 8 rings (SSSR count). The highest BCUT2D eigenvalue weighted by atomic mass is 35.5. The van der Waals surface area contributed by atoms with Gasteiger partial charge in [-0.1, -0.05) is 135 Å². The summed E-state index contributed by atoms with van der Waals surface area (Å²) in [6, 6.07) is 34.1. The molecule has 0 aromatic heterocycles. The summed E-state index contributed by atoms with van der Waals surface area (Å²) >= 11 is 11.4. The van der Waals surface area contributed by atoms with E-state index in [0.717, 1.165) is 91.7 Å². The first-order valence-corrected chi connectivity index (χ1v) is 29.8. The molecule has 450 valence electrons. The molecule has 1 fully saturated rings. The molecule has 3 aliphatic rings. The van der Waals surface area contributed by atoms with Crippen molar-refractivity contribution in [3.8, 4) is 11.5 Å². The van der Waals surface area contributed by atoms with Gasteiger partial charge >= 0.3 is 5.97 Å². The summed E-state index contributed by atoms with van der Waals surface area (Å²) in [7, 11) is 0. The lowest BCUT2D eigenvalue weighted by Crippen LogP contribution is -2.59. The van der Waals surface area contributed by atoms with E-state index in [4.69, 9.17) is 37.8 Å². The van der Waals surface area contributed by atoms with Gasteiger partial charge in [-0.2, -0.15) is 0 Å². The van der Waals surface area contributed by atoms with Crippen LogP contribution in [0.2, 0.25) is 10.0 Å². The highest BCUT2D eigenvalue weighted by molar-refractivity contribution is 6.38. The number of aryl methyl sites for hydroxylation is 3. The maximum atomic E-state index is 14.3. The Morgan fingerprint density at radius 2 is 1.38 bits per heavy atom. The number of aldehydes is 1. The molecule has 16 nitrogen and oxygen atoms in total. The molecule has 5 aromatic rings. The fourth-order valence-electron chi connectivity index (χ4n) is 9.57. The fourth-order valence-corrected chi connectivity index (χ4v) is 9.82. The van der Waals surface area contributed by atoms with Gasteiger partial charge in [-0.3, -0.25) is 28.8 Å². The van der Waals surface area contributed by atoms with E-state index in [1.165, 1.54) is 5.56 Å². The number of aliphatic hydroxyl groups excluding tert-OH is 1. The number of carbonyl (C=O) groups is 8. The third-order valence-electron chi connectivity index (χ3n) is 13.9. The van der Waals surface area contributed by atoms with Gasteiger partial charge in [0, 0.05) is 35.9 Å². The number of amides is 5. The van der Waals surface area contributed by atoms with Crippen molar-refractivity contribution in [2.75, 3.05) is 13.2 Å². The molecule has 0 saturated heterocycles. The molecule has 5 amide bonds. The zero-order chi connectivity index (χ0) is 60.9. The Kier molecular flexibility index (Phi) is 28.6. The largest absolute Gasteiger partial charge is 0.458 e. The number of esters is 1. The number of halogens is 2. The number of nitrogens with one attached hydrogen (secondary N) is 5. The Morgan fingerprint density at radius 1 is 0.738 bits per heavy atom. The van der Waals surface area contributed by atoms with Crippen LogP contribution in [0.5, 0.6) is 11.5 Å². The van der Waals surface area contributed by atoms with Gasteiger partial charge in [-0.15, -0.1) is 0 Å². The number of hydrogen-bond donors (Lipinski definition) is 6. The first-order valence-electron chi connectivity index (χ1n) is 29.0. The van der Waals surface area contributed by atoms with Crippen molar-refractivity contribution < 1.29 is 52.9 Å². The quantitative estimate of drug-likeness (QED) is 0.0274. The second kappa shape index (κ2) is 35.7. The van der Waals surface area contributed by atoms with Crippen LogP contribution in [0.1, 0.15) is 139 Å². The van der Waals surface area contributed by atoms with Crippen LogP contribution in [-0.4, -0.2) is 89.6 Å². The average molecular weight is 1190 g/mol. The molecule has 4 bridgehead atoms. The smallest absolute Gasteiger partial charge is 0.333 e. The Balaban J connectivity index is 0.000000484. The van der Waals surface area contributed by atoms with Crippen molar-refractivity contribution in [1.29, 1.82) is 0 Å². The van der Waals surface area contributed by atoms with E-state index in [0.29, 0.717) is 41.9 Å². The molecule has 0 spiro atoms. The summed E-state index contributed by atoms with van der Waals surface area (Å²) in [6.45, 7) is 6.50. The number of rotatable bonds is 18. The van der Waals surface area contributed by atoms with Crippen molar-refractivity contribution in [2.45, 2.75) is 160 Å². The van der Waals surface area contributed by atoms with Crippen LogP contribution in [0.4, 0.5) is 0 Å². The highest BCUT2D eigenvalue weighted by Crippen LogP contribution is 2.28. The minimum Gasteiger partial charge on any atom is -0.458 e. The number of aliphatic hydroxyl groups is 1. The van der Waals surface area contributed by atoms with Crippen molar-refractivity contribution in [1.82, 2.24) is 26.6 Å². The molecule has 4 unspecified atom stereocenters. The van der Waals surface area contributed by atoms with Gasteiger partial charge in [0.25, 0.3) is 5.91 Å². The van der Waals surface area contributed by atoms with Crippen molar-refractivity contribution >= 4 is 70.8 Å². The molecular formula is C66H81Cl2N5O11. The average Bonchev–Trinajstić information content (AvgIpc) is 3.51. The number of fused-ring (bicyclic) bond motifs is 12. The van der Waals surface area contributed by atoms with Crippen LogP contribution >= 0.6 is 23.2 Å². The first-order chi connectivity index (χ1) is 40.3. The van der Waals surface area contributed by atoms with E-state index in [2.05, 4.69) is 26.6 Å². The maximum Gasteiger partial charge on any atom is 0.333 e. The zero-order valence-corrected chi connectivity index (χ0v) is 50.1. The van der Waals surface area contributed by atoms with Crippen molar-refractivity contribution in [3.63, 3.8) is 0 Å². The van der Waals surface area contributed by atoms with Crippen LogP contribution in [0.15, 0.2) is 127 Å².